The third kappa shape index (κ3) is 8.82. The number of ether oxygens (including phenoxy) is 1. The Morgan fingerprint density at radius 3 is 2.35 bits per heavy atom. The quantitative estimate of drug-likeness (QED) is 0.114. The zero-order valence-electron chi connectivity index (χ0n) is 23.5. The van der Waals surface area contributed by atoms with E-state index in [1.807, 2.05) is 6.92 Å². The lowest BCUT2D eigenvalue weighted by Gasteiger charge is -2.20. The highest BCUT2D eigenvalue weighted by molar-refractivity contribution is 9.10. The van der Waals surface area contributed by atoms with Crippen molar-refractivity contribution in [1.82, 2.24) is 10.1 Å². The number of nitrogens with zero attached hydrogens (tertiary/aromatic N) is 2. The standard InChI is InChI=1S/C27H29BrN4O9S2/c1-5-40-24-14-19(13-23(28)26(24)41-43(38,39)22-8-6-7-20(15-22)32(34)35)16-29-30-27(33)25(17(2)3)31-42(36,37)21-11-9-18(4)10-12-21/h6-17,25,31H,5H2,1-4H3,(H,30,33)/b29-16-/t25-/m1/s1. The number of hydrogen-bond acceptors (Lipinski definition) is 10. The number of nitrogens with one attached hydrogen (secondary N) is 2. The number of benzene rings is 3. The van der Waals surface area contributed by atoms with Gasteiger partial charge in [-0.15, -0.1) is 0 Å². The van der Waals surface area contributed by atoms with Gasteiger partial charge in [0.15, 0.2) is 11.5 Å². The van der Waals surface area contributed by atoms with Crippen molar-refractivity contribution in [2.75, 3.05) is 6.61 Å². The summed E-state index contributed by atoms with van der Waals surface area (Å²) < 4.78 is 64.8. The van der Waals surface area contributed by atoms with E-state index in [9.17, 15) is 31.7 Å². The SMILES string of the molecule is CCOc1cc(/C=N\NC(=O)[C@H](NS(=O)(=O)c2ccc(C)cc2)C(C)C)cc(Br)c1OS(=O)(=O)c1cccc([N+](=O)[O-])c1. The van der Waals surface area contributed by atoms with Crippen LogP contribution >= 0.6 is 15.9 Å². The molecule has 13 nitrogen and oxygen atoms in total. The highest BCUT2D eigenvalue weighted by Crippen LogP contribution is 2.38. The number of nitro groups is 1. The van der Waals surface area contributed by atoms with Crippen LogP contribution in [0.3, 0.4) is 0 Å². The zero-order chi connectivity index (χ0) is 31.9. The summed E-state index contributed by atoms with van der Waals surface area (Å²) in [4.78, 5) is 22.8. The molecule has 16 heteroatoms. The minimum Gasteiger partial charge on any atom is -0.490 e. The Balaban J connectivity index is 1.80. The van der Waals surface area contributed by atoms with Crippen molar-refractivity contribution >= 4 is 53.9 Å². The molecule has 0 spiro atoms. The van der Waals surface area contributed by atoms with Gasteiger partial charge in [0.25, 0.3) is 11.6 Å². The molecule has 230 valence electrons. The van der Waals surface area contributed by atoms with E-state index in [-0.39, 0.29) is 27.5 Å². The van der Waals surface area contributed by atoms with E-state index >= 15 is 0 Å². The number of sulfonamides is 1. The van der Waals surface area contributed by atoms with Gasteiger partial charge in [-0.3, -0.25) is 14.9 Å². The number of carbonyl (C=O) groups excluding carboxylic acids is 1. The number of halogens is 1. The van der Waals surface area contributed by atoms with Gasteiger partial charge in [0.05, 0.1) is 27.1 Å². The minimum atomic E-state index is -4.49. The summed E-state index contributed by atoms with van der Waals surface area (Å²) in [6, 6.07) is 12.3. The number of non-ortho nitro benzene ring substituents is 1. The molecular formula is C27H29BrN4O9S2. The molecular weight excluding hydrogens is 668 g/mol. The van der Waals surface area contributed by atoms with Crippen molar-refractivity contribution in [3.05, 3.63) is 86.4 Å². The predicted octanol–water partition coefficient (Wildman–Crippen LogP) is 4.29. The van der Waals surface area contributed by atoms with E-state index in [1.165, 1.54) is 36.5 Å². The summed E-state index contributed by atoms with van der Waals surface area (Å²) in [5, 5.41) is 15.0. The van der Waals surface area contributed by atoms with Crippen LogP contribution in [0.1, 0.15) is 31.9 Å². The van der Waals surface area contributed by atoms with Gasteiger partial charge in [-0.25, -0.2) is 13.8 Å². The van der Waals surface area contributed by atoms with Gasteiger partial charge in [0.2, 0.25) is 10.0 Å². The molecule has 3 rings (SSSR count). The van der Waals surface area contributed by atoms with Gasteiger partial charge >= 0.3 is 10.1 Å². The van der Waals surface area contributed by atoms with Crippen LogP contribution < -0.4 is 19.1 Å². The molecule has 1 atom stereocenters. The molecule has 0 aliphatic rings. The Morgan fingerprint density at radius 2 is 1.74 bits per heavy atom. The fourth-order valence-electron chi connectivity index (χ4n) is 3.60. The second-order valence-electron chi connectivity index (χ2n) is 9.45. The lowest BCUT2D eigenvalue weighted by Crippen LogP contribution is -2.48. The molecule has 0 aliphatic heterocycles. The topological polar surface area (TPSA) is 183 Å². The Labute approximate surface area is 257 Å². The Morgan fingerprint density at radius 1 is 1.07 bits per heavy atom. The number of nitro benzene ring substituents is 1. The first kappa shape index (κ1) is 33.6. The summed E-state index contributed by atoms with van der Waals surface area (Å²) in [6.45, 7) is 6.98. The first-order valence-corrected chi connectivity index (χ1v) is 16.4. The van der Waals surface area contributed by atoms with Crippen molar-refractivity contribution < 1.29 is 35.5 Å². The van der Waals surface area contributed by atoms with Gasteiger partial charge < -0.3 is 8.92 Å². The number of amides is 1. The normalized spacial score (nSPS) is 12.7. The van der Waals surface area contributed by atoms with Crippen LogP contribution in [0.25, 0.3) is 0 Å². The molecule has 0 aromatic heterocycles. The average molecular weight is 698 g/mol. The van der Waals surface area contributed by atoms with Crippen LogP contribution in [0.4, 0.5) is 5.69 Å². The molecule has 0 fully saturated rings. The largest absolute Gasteiger partial charge is 0.490 e. The van der Waals surface area contributed by atoms with E-state index < -0.39 is 53.5 Å². The Hall–Kier alpha value is -3.86. The molecule has 0 aliphatic carbocycles. The summed E-state index contributed by atoms with van der Waals surface area (Å²) in [7, 11) is -8.48. The first-order valence-electron chi connectivity index (χ1n) is 12.7. The number of carbonyl (C=O) groups is 1. The maximum Gasteiger partial charge on any atom is 0.339 e. The van der Waals surface area contributed by atoms with Crippen LogP contribution in [0.5, 0.6) is 11.5 Å². The van der Waals surface area contributed by atoms with Gasteiger partial charge in [-0.2, -0.15) is 18.2 Å². The van der Waals surface area contributed by atoms with E-state index in [2.05, 4.69) is 31.2 Å². The lowest BCUT2D eigenvalue weighted by molar-refractivity contribution is -0.385. The van der Waals surface area contributed by atoms with E-state index in [4.69, 9.17) is 8.92 Å². The number of rotatable bonds is 13. The molecule has 0 saturated carbocycles. The Kier molecular flexibility index (Phi) is 11.0. The van der Waals surface area contributed by atoms with Crippen LogP contribution in [-0.4, -0.2) is 46.5 Å². The average Bonchev–Trinajstić information content (AvgIpc) is 2.94. The molecule has 0 radical (unpaired) electrons. The molecule has 0 heterocycles. The van der Waals surface area contributed by atoms with Crippen LogP contribution in [0.2, 0.25) is 0 Å². The van der Waals surface area contributed by atoms with Crippen LogP contribution in [0.15, 0.2) is 80.0 Å². The third-order valence-corrected chi connectivity index (χ3v) is 9.06. The van der Waals surface area contributed by atoms with Crippen molar-refractivity contribution in [2.45, 2.75) is 43.5 Å². The van der Waals surface area contributed by atoms with E-state index in [1.54, 1.807) is 32.9 Å². The van der Waals surface area contributed by atoms with Crippen molar-refractivity contribution in [3.63, 3.8) is 0 Å². The predicted molar refractivity (Wildman–Crippen MR) is 162 cm³/mol. The molecule has 2 N–H and O–H groups in total. The van der Waals surface area contributed by atoms with Gasteiger partial charge in [-0.1, -0.05) is 37.6 Å². The maximum absolute atomic E-state index is 12.9. The van der Waals surface area contributed by atoms with Gasteiger partial charge in [-0.05, 0) is 71.6 Å². The Bertz CT molecular complexity index is 1740. The van der Waals surface area contributed by atoms with Crippen molar-refractivity contribution in [2.24, 2.45) is 11.0 Å². The molecule has 3 aromatic rings. The number of hydrogen-bond donors (Lipinski definition) is 2. The lowest BCUT2D eigenvalue weighted by atomic mass is 10.1. The van der Waals surface area contributed by atoms with Crippen LogP contribution in [0, 0.1) is 23.0 Å². The highest BCUT2D eigenvalue weighted by atomic mass is 79.9. The monoisotopic (exact) mass is 696 g/mol. The van der Waals surface area contributed by atoms with Gasteiger partial charge in [0.1, 0.15) is 10.9 Å². The molecule has 43 heavy (non-hydrogen) atoms. The molecule has 0 bridgehead atoms. The first-order chi connectivity index (χ1) is 20.1. The zero-order valence-corrected chi connectivity index (χ0v) is 26.7. The summed E-state index contributed by atoms with van der Waals surface area (Å²) >= 11 is 3.25. The molecule has 0 saturated heterocycles. The van der Waals surface area contributed by atoms with Crippen LogP contribution in [-0.2, 0) is 24.9 Å². The van der Waals surface area contributed by atoms with Gasteiger partial charge in [0, 0.05) is 12.1 Å². The fraction of sp³-hybridized carbons (Fsp3) is 0.259. The molecule has 0 unspecified atom stereocenters. The maximum atomic E-state index is 12.9. The minimum absolute atomic E-state index is 0.00423. The number of hydrazone groups is 1. The summed E-state index contributed by atoms with van der Waals surface area (Å²) in [5.74, 6) is -1.32. The summed E-state index contributed by atoms with van der Waals surface area (Å²) in [5.41, 5.74) is 3.14. The smallest absolute Gasteiger partial charge is 0.339 e. The third-order valence-electron chi connectivity index (χ3n) is 5.79. The second-order valence-corrected chi connectivity index (χ2v) is 13.6. The summed E-state index contributed by atoms with van der Waals surface area (Å²) in [6.07, 6.45) is 1.25. The van der Waals surface area contributed by atoms with Crippen molar-refractivity contribution in [1.29, 1.82) is 0 Å². The number of aryl methyl sites for hydroxylation is 1. The second kappa shape index (κ2) is 14.1. The fourth-order valence-corrected chi connectivity index (χ4v) is 6.59. The molecule has 1 amide bonds. The van der Waals surface area contributed by atoms with Crippen molar-refractivity contribution in [3.8, 4) is 11.5 Å². The molecule has 3 aromatic carbocycles. The highest BCUT2D eigenvalue weighted by Gasteiger charge is 2.28. The van der Waals surface area contributed by atoms with E-state index in [0.29, 0.717) is 5.56 Å². The van der Waals surface area contributed by atoms with E-state index in [0.717, 1.165) is 23.8 Å².